The van der Waals surface area contributed by atoms with Crippen molar-refractivity contribution in [3.8, 4) is 0 Å². The molecule has 110 valence electrons. The highest BCUT2D eigenvalue weighted by atomic mass is 16.3. The minimum atomic E-state index is -0.0546. The van der Waals surface area contributed by atoms with Gasteiger partial charge in [0.15, 0.2) is 0 Å². The first-order valence-corrected chi connectivity index (χ1v) is 7.33. The van der Waals surface area contributed by atoms with Crippen LogP contribution in [0.15, 0.2) is 24.3 Å². The number of nitrogens with one attached hydrogen (secondary N) is 1. The average Bonchev–Trinajstić information content (AvgIpc) is 3.26. The summed E-state index contributed by atoms with van der Waals surface area (Å²) in [5.41, 5.74) is 2.48. The lowest BCUT2D eigenvalue weighted by Crippen LogP contribution is -2.43. The fraction of sp³-hybridized carbons (Fsp3) is 0.562. The van der Waals surface area contributed by atoms with E-state index in [1.807, 2.05) is 6.07 Å². The first kappa shape index (κ1) is 14.9. The van der Waals surface area contributed by atoms with Crippen molar-refractivity contribution in [3.63, 3.8) is 0 Å². The third kappa shape index (κ3) is 3.97. The molecule has 1 aromatic rings. The highest BCUT2D eigenvalue weighted by molar-refractivity contribution is 5.75. The molecule has 0 bridgehead atoms. The maximum Gasteiger partial charge on any atom is 0.317 e. The van der Waals surface area contributed by atoms with Crippen molar-refractivity contribution in [3.05, 3.63) is 35.4 Å². The highest BCUT2D eigenvalue weighted by Gasteiger charge is 2.32. The minimum absolute atomic E-state index is 0.0252. The van der Waals surface area contributed by atoms with Gasteiger partial charge in [0.25, 0.3) is 0 Å². The molecule has 0 radical (unpaired) electrons. The standard InChI is InChI=1S/C16H24N2O2/c1-12-4-3-5-14(10-12)13(2)11-17-16(20)18(8-9-19)15-6-7-15/h3-5,10,13,15,19H,6-9,11H2,1-2H3,(H,17,20). The summed E-state index contributed by atoms with van der Waals surface area (Å²) in [6, 6.07) is 8.65. The second-order valence-electron chi connectivity index (χ2n) is 5.65. The van der Waals surface area contributed by atoms with Crippen molar-refractivity contribution in [2.24, 2.45) is 0 Å². The van der Waals surface area contributed by atoms with E-state index < -0.39 is 0 Å². The molecule has 1 aliphatic carbocycles. The molecule has 1 unspecified atom stereocenters. The first-order chi connectivity index (χ1) is 9.61. The summed E-state index contributed by atoms with van der Waals surface area (Å²) >= 11 is 0. The molecule has 2 rings (SSSR count). The number of aryl methyl sites for hydroxylation is 1. The Balaban J connectivity index is 1.85. The fourth-order valence-electron chi connectivity index (χ4n) is 2.38. The SMILES string of the molecule is Cc1cccc(C(C)CNC(=O)N(CCO)C2CC2)c1. The van der Waals surface area contributed by atoms with Crippen LogP contribution in [-0.2, 0) is 0 Å². The summed E-state index contributed by atoms with van der Waals surface area (Å²) < 4.78 is 0. The number of rotatable bonds is 6. The predicted molar refractivity (Wildman–Crippen MR) is 79.8 cm³/mol. The smallest absolute Gasteiger partial charge is 0.317 e. The Labute approximate surface area is 120 Å². The van der Waals surface area contributed by atoms with Gasteiger partial charge in [0.05, 0.1) is 6.61 Å². The van der Waals surface area contributed by atoms with Crippen molar-refractivity contribution in [1.29, 1.82) is 0 Å². The number of benzene rings is 1. The molecule has 0 aromatic heterocycles. The van der Waals surface area contributed by atoms with Crippen LogP contribution in [0.4, 0.5) is 4.79 Å². The van der Waals surface area contributed by atoms with Crippen LogP contribution in [0.5, 0.6) is 0 Å². The molecule has 0 heterocycles. The van der Waals surface area contributed by atoms with Gasteiger partial charge in [0.2, 0.25) is 0 Å². The average molecular weight is 276 g/mol. The van der Waals surface area contributed by atoms with E-state index in [2.05, 4.69) is 37.4 Å². The van der Waals surface area contributed by atoms with E-state index in [-0.39, 0.29) is 18.6 Å². The second-order valence-corrected chi connectivity index (χ2v) is 5.65. The molecule has 0 spiro atoms. The summed E-state index contributed by atoms with van der Waals surface area (Å²) in [7, 11) is 0. The van der Waals surface area contributed by atoms with Gasteiger partial charge in [-0.05, 0) is 31.2 Å². The number of urea groups is 1. The Morgan fingerprint density at radius 3 is 2.85 bits per heavy atom. The Morgan fingerprint density at radius 2 is 2.25 bits per heavy atom. The molecule has 4 heteroatoms. The largest absolute Gasteiger partial charge is 0.395 e. The normalized spacial score (nSPS) is 15.8. The predicted octanol–water partition coefficient (Wildman–Crippen LogP) is 2.26. The van der Waals surface area contributed by atoms with E-state index in [1.54, 1.807) is 4.90 Å². The fourth-order valence-corrected chi connectivity index (χ4v) is 2.38. The van der Waals surface area contributed by atoms with Crippen LogP contribution in [0.1, 0.15) is 36.8 Å². The van der Waals surface area contributed by atoms with Gasteiger partial charge in [-0.3, -0.25) is 0 Å². The molecule has 2 N–H and O–H groups in total. The summed E-state index contributed by atoms with van der Waals surface area (Å²) in [6.45, 7) is 5.26. The molecule has 1 atom stereocenters. The zero-order chi connectivity index (χ0) is 14.5. The van der Waals surface area contributed by atoms with Gasteiger partial charge >= 0.3 is 6.03 Å². The van der Waals surface area contributed by atoms with Gasteiger partial charge in [-0.15, -0.1) is 0 Å². The van der Waals surface area contributed by atoms with Crippen LogP contribution in [-0.4, -0.2) is 41.8 Å². The van der Waals surface area contributed by atoms with Crippen LogP contribution in [0.2, 0.25) is 0 Å². The summed E-state index contributed by atoms with van der Waals surface area (Å²) in [6.07, 6.45) is 2.11. The topological polar surface area (TPSA) is 52.6 Å². The number of aliphatic hydroxyl groups is 1. The van der Waals surface area contributed by atoms with Crippen LogP contribution in [0.25, 0.3) is 0 Å². The molecule has 1 fully saturated rings. The molecule has 1 saturated carbocycles. The minimum Gasteiger partial charge on any atom is -0.395 e. The van der Waals surface area contributed by atoms with Gasteiger partial charge < -0.3 is 15.3 Å². The lowest BCUT2D eigenvalue weighted by atomic mass is 9.99. The van der Waals surface area contributed by atoms with Gasteiger partial charge in [-0.1, -0.05) is 36.8 Å². The Bertz CT molecular complexity index is 458. The molecule has 20 heavy (non-hydrogen) atoms. The number of carbonyl (C=O) groups is 1. The van der Waals surface area contributed by atoms with E-state index in [4.69, 9.17) is 5.11 Å². The molecule has 0 saturated heterocycles. The zero-order valence-electron chi connectivity index (χ0n) is 12.3. The second kappa shape index (κ2) is 6.75. The number of hydrogen-bond acceptors (Lipinski definition) is 2. The number of amides is 2. The van der Waals surface area contributed by atoms with Crippen molar-refractivity contribution in [2.45, 2.75) is 38.6 Å². The number of carbonyl (C=O) groups excluding carboxylic acids is 1. The Hall–Kier alpha value is -1.55. The van der Waals surface area contributed by atoms with Crippen molar-refractivity contribution < 1.29 is 9.90 Å². The Kier molecular flexibility index (Phi) is 5.01. The van der Waals surface area contributed by atoms with E-state index in [1.165, 1.54) is 11.1 Å². The van der Waals surface area contributed by atoms with Crippen LogP contribution in [0, 0.1) is 6.92 Å². The van der Waals surface area contributed by atoms with Crippen LogP contribution < -0.4 is 5.32 Å². The molecule has 0 aliphatic heterocycles. The zero-order valence-corrected chi connectivity index (χ0v) is 12.3. The quantitative estimate of drug-likeness (QED) is 0.837. The maximum absolute atomic E-state index is 12.1. The van der Waals surface area contributed by atoms with E-state index >= 15 is 0 Å². The van der Waals surface area contributed by atoms with Gasteiger partial charge in [0.1, 0.15) is 0 Å². The van der Waals surface area contributed by atoms with Crippen LogP contribution >= 0.6 is 0 Å². The Morgan fingerprint density at radius 1 is 1.50 bits per heavy atom. The van der Waals surface area contributed by atoms with E-state index in [0.717, 1.165) is 12.8 Å². The third-order valence-corrected chi connectivity index (χ3v) is 3.76. The molecule has 2 amide bonds. The van der Waals surface area contributed by atoms with Gasteiger partial charge in [-0.25, -0.2) is 4.79 Å². The summed E-state index contributed by atoms with van der Waals surface area (Å²) in [5, 5.41) is 12.0. The number of hydrogen-bond donors (Lipinski definition) is 2. The monoisotopic (exact) mass is 276 g/mol. The molecular formula is C16H24N2O2. The lowest BCUT2D eigenvalue weighted by Gasteiger charge is -2.23. The lowest BCUT2D eigenvalue weighted by molar-refractivity contribution is 0.173. The van der Waals surface area contributed by atoms with E-state index in [9.17, 15) is 4.79 Å². The van der Waals surface area contributed by atoms with Crippen molar-refractivity contribution in [2.75, 3.05) is 19.7 Å². The van der Waals surface area contributed by atoms with E-state index in [0.29, 0.717) is 19.1 Å². The summed E-state index contributed by atoms with van der Waals surface area (Å²) in [5.74, 6) is 0.286. The molecule has 4 nitrogen and oxygen atoms in total. The van der Waals surface area contributed by atoms with Gasteiger partial charge in [0, 0.05) is 19.1 Å². The number of nitrogens with zero attached hydrogens (tertiary/aromatic N) is 1. The summed E-state index contributed by atoms with van der Waals surface area (Å²) in [4.78, 5) is 13.9. The third-order valence-electron chi connectivity index (χ3n) is 3.76. The molecular weight excluding hydrogens is 252 g/mol. The molecule has 1 aliphatic rings. The van der Waals surface area contributed by atoms with Crippen molar-refractivity contribution in [1.82, 2.24) is 10.2 Å². The van der Waals surface area contributed by atoms with Crippen LogP contribution in [0.3, 0.4) is 0 Å². The number of aliphatic hydroxyl groups excluding tert-OH is 1. The van der Waals surface area contributed by atoms with Gasteiger partial charge in [-0.2, -0.15) is 0 Å². The van der Waals surface area contributed by atoms with Crippen molar-refractivity contribution >= 4 is 6.03 Å². The highest BCUT2D eigenvalue weighted by Crippen LogP contribution is 2.26. The molecule has 1 aromatic carbocycles. The first-order valence-electron chi connectivity index (χ1n) is 7.33. The maximum atomic E-state index is 12.1.